The SMILES string of the molecule is Cc1ccnn1CCN1CCC(N2CCOCC2)CC1. The molecule has 0 aromatic carbocycles. The molecule has 0 saturated carbocycles. The van der Waals surface area contributed by atoms with E-state index in [4.69, 9.17) is 4.74 Å². The Bertz CT molecular complexity index is 406. The van der Waals surface area contributed by atoms with E-state index in [2.05, 4.69) is 32.6 Å². The van der Waals surface area contributed by atoms with Gasteiger partial charge in [-0.05, 0) is 38.9 Å². The third-order valence-corrected chi connectivity index (χ3v) is 4.68. The van der Waals surface area contributed by atoms with Gasteiger partial charge in [0.1, 0.15) is 0 Å². The molecule has 3 heterocycles. The first kappa shape index (κ1) is 14.0. The Morgan fingerprint density at radius 3 is 2.55 bits per heavy atom. The maximum atomic E-state index is 5.44. The van der Waals surface area contributed by atoms with E-state index in [1.54, 1.807) is 0 Å². The maximum Gasteiger partial charge on any atom is 0.0594 e. The average Bonchev–Trinajstić information content (AvgIpc) is 2.92. The van der Waals surface area contributed by atoms with E-state index < -0.39 is 0 Å². The standard InChI is InChI=1S/C15H26N4O/c1-14-2-5-16-19(14)9-8-17-6-3-15(4-7-17)18-10-12-20-13-11-18/h2,5,15H,3-4,6-13H2,1H3. The maximum absolute atomic E-state index is 5.44. The fraction of sp³-hybridized carbons (Fsp3) is 0.800. The normalized spacial score (nSPS) is 23.2. The Morgan fingerprint density at radius 2 is 1.90 bits per heavy atom. The molecule has 0 N–H and O–H groups in total. The van der Waals surface area contributed by atoms with Crippen LogP contribution in [0.1, 0.15) is 18.5 Å². The molecule has 2 fully saturated rings. The summed E-state index contributed by atoms with van der Waals surface area (Å²) in [5, 5.41) is 4.36. The number of rotatable bonds is 4. The van der Waals surface area contributed by atoms with Crippen molar-refractivity contribution in [1.29, 1.82) is 0 Å². The van der Waals surface area contributed by atoms with Gasteiger partial charge in [0.05, 0.1) is 19.8 Å². The molecule has 2 aliphatic heterocycles. The molecule has 5 nitrogen and oxygen atoms in total. The summed E-state index contributed by atoms with van der Waals surface area (Å²) in [5.41, 5.74) is 1.26. The van der Waals surface area contributed by atoms with Gasteiger partial charge >= 0.3 is 0 Å². The predicted molar refractivity (Wildman–Crippen MR) is 78.8 cm³/mol. The summed E-state index contributed by atoms with van der Waals surface area (Å²) in [7, 11) is 0. The minimum absolute atomic E-state index is 0.779. The zero-order chi connectivity index (χ0) is 13.8. The summed E-state index contributed by atoms with van der Waals surface area (Å²) in [6.07, 6.45) is 4.50. The largest absolute Gasteiger partial charge is 0.379 e. The van der Waals surface area contributed by atoms with Gasteiger partial charge in [-0.15, -0.1) is 0 Å². The van der Waals surface area contributed by atoms with Crippen LogP contribution < -0.4 is 0 Å². The van der Waals surface area contributed by atoms with Crippen molar-refractivity contribution in [1.82, 2.24) is 19.6 Å². The van der Waals surface area contributed by atoms with Crippen molar-refractivity contribution in [2.75, 3.05) is 45.9 Å². The topological polar surface area (TPSA) is 33.5 Å². The van der Waals surface area contributed by atoms with E-state index in [0.717, 1.165) is 45.4 Å². The third-order valence-electron chi connectivity index (χ3n) is 4.68. The molecule has 2 aliphatic rings. The van der Waals surface area contributed by atoms with Crippen LogP contribution in [0.2, 0.25) is 0 Å². The molecule has 0 unspecified atom stereocenters. The molecule has 0 aliphatic carbocycles. The fourth-order valence-electron chi connectivity index (χ4n) is 3.32. The highest BCUT2D eigenvalue weighted by Crippen LogP contribution is 2.17. The van der Waals surface area contributed by atoms with Crippen molar-refractivity contribution >= 4 is 0 Å². The minimum Gasteiger partial charge on any atom is -0.379 e. The summed E-state index contributed by atoms with van der Waals surface area (Å²) >= 11 is 0. The molecule has 3 rings (SSSR count). The van der Waals surface area contributed by atoms with Crippen LogP contribution in [-0.4, -0.2) is 71.6 Å². The lowest BCUT2D eigenvalue weighted by atomic mass is 10.0. The fourth-order valence-corrected chi connectivity index (χ4v) is 3.32. The Balaban J connectivity index is 1.41. The van der Waals surface area contributed by atoms with E-state index in [1.807, 2.05) is 6.20 Å². The highest BCUT2D eigenvalue weighted by Gasteiger charge is 2.25. The molecule has 0 spiro atoms. The molecule has 0 radical (unpaired) electrons. The van der Waals surface area contributed by atoms with Gasteiger partial charge in [0.2, 0.25) is 0 Å². The second-order valence-corrected chi connectivity index (χ2v) is 5.92. The highest BCUT2D eigenvalue weighted by molar-refractivity contribution is 4.96. The number of nitrogens with zero attached hydrogens (tertiary/aromatic N) is 4. The van der Waals surface area contributed by atoms with Crippen LogP contribution in [0.15, 0.2) is 12.3 Å². The van der Waals surface area contributed by atoms with Gasteiger partial charge in [-0.2, -0.15) is 5.10 Å². The van der Waals surface area contributed by atoms with E-state index in [-0.39, 0.29) is 0 Å². The van der Waals surface area contributed by atoms with Crippen molar-refractivity contribution in [2.45, 2.75) is 32.4 Å². The Morgan fingerprint density at radius 1 is 1.15 bits per heavy atom. The molecule has 1 aromatic rings. The van der Waals surface area contributed by atoms with Gasteiger partial charge in [-0.1, -0.05) is 0 Å². The minimum atomic E-state index is 0.779. The van der Waals surface area contributed by atoms with Crippen LogP contribution in [-0.2, 0) is 11.3 Å². The number of morpholine rings is 1. The lowest BCUT2D eigenvalue weighted by Crippen LogP contribution is -2.49. The second-order valence-electron chi connectivity index (χ2n) is 5.92. The smallest absolute Gasteiger partial charge is 0.0594 e. The molecule has 0 bridgehead atoms. The summed E-state index contributed by atoms with van der Waals surface area (Å²) in [5.74, 6) is 0. The zero-order valence-corrected chi connectivity index (χ0v) is 12.5. The predicted octanol–water partition coefficient (Wildman–Crippen LogP) is 0.988. The molecule has 0 amide bonds. The van der Waals surface area contributed by atoms with Crippen LogP contribution in [0.3, 0.4) is 0 Å². The van der Waals surface area contributed by atoms with Gasteiger partial charge in [0.15, 0.2) is 0 Å². The quantitative estimate of drug-likeness (QED) is 0.822. The molecule has 1 aromatic heterocycles. The molecule has 5 heteroatoms. The van der Waals surface area contributed by atoms with Gasteiger partial charge in [-0.25, -0.2) is 0 Å². The van der Waals surface area contributed by atoms with Gasteiger partial charge in [0, 0.05) is 37.6 Å². The van der Waals surface area contributed by atoms with E-state index in [0.29, 0.717) is 0 Å². The summed E-state index contributed by atoms with van der Waals surface area (Å²) in [4.78, 5) is 5.20. The van der Waals surface area contributed by atoms with Crippen molar-refractivity contribution < 1.29 is 4.74 Å². The number of ether oxygens (including phenoxy) is 1. The lowest BCUT2D eigenvalue weighted by molar-refractivity contribution is 0.000607. The van der Waals surface area contributed by atoms with Crippen LogP contribution in [0.25, 0.3) is 0 Å². The van der Waals surface area contributed by atoms with E-state index in [9.17, 15) is 0 Å². The monoisotopic (exact) mass is 278 g/mol. The number of hydrogen-bond acceptors (Lipinski definition) is 4. The summed E-state index contributed by atoms with van der Waals surface area (Å²) in [6, 6.07) is 2.85. The van der Waals surface area contributed by atoms with Crippen molar-refractivity contribution in [3.63, 3.8) is 0 Å². The number of piperidine rings is 1. The first-order valence-electron chi connectivity index (χ1n) is 7.85. The summed E-state index contributed by atoms with van der Waals surface area (Å²) < 4.78 is 7.55. The molecular weight excluding hydrogens is 252 g/mol. The van der Waals surface area contributed by atoms with Gasteiger partial charge < -0.3 is 9.64 Å². The Labute approximate surface area is 121 Å². The number of aryl methyl sites for hydroxylation is 1. The average molecular weight is 278 g/mol. The van der Waals surface area contributed by atoms with Crippen molar-refractivity contribution in [3.05, 3.63) is 18.0 Å². The van der Waals surface area contributed by atoms with Crippen LogP contribution in [0, 0.1) is 6.92 Å². The van der Waals surface area contributed by atoms with Crippen LogP contribution >= 0.6 is 0 Å². The lowest BCUT2D eigenvalue weighted by Gasteiger charge is -2.40. The van der Waals surface area contributed by atoms with Crippen LogP contribution in [0.5, 0.6) is 0 Å². The number of likely N-dealkylation sites (tertiary alicyclic amines) is 1. The molecule has 2 saturated heterocycles. The third kappa shape index (κ3) is 3.40. The summed E-state index contributed by atoms with van der Waals surface area (Å²) in [6.45, 7) is 10.8. The highest BCUT2D eigenvalue weighted by atomic mass is 16.5. The Hall–Kier alpha value is -0.910. The molecule has 20 heavy (non-hydrogen) atoms. The first-order chi connectivity index (χ1) is 9.83. The Kier molecular flexibility index (Phi) is 4.70. The second kappa shape index (κ2) is 6.70. The van der Waals surface area contributed by atoms with Crippen molar-refractivity contribution in [3.8, 4) is 0 Å². The number of aromatic nitrogens is 2. The zero-order valence-electron chi connectivity index (χ0n) is 12.5. The molecular formula is C15H26N4O. The number of hydrogen-bond donors (Lipinski definition) is 0. The van der Waals surface area contributed by atoms with E-state index >= 15 is 0 Å². The molecule has 112 valence electrons. The van der Waals surface area contributed by atoms with Gasteiger partial charge in [-0.3, -0.25) is 9.58 Å². The van der Waals surface area contributed by atoms with Gasteiger partial charge in [0.25, 0.3) is 0 Å². The first-order valence-corrected chi connectivity index (χ1v) is 7.85. The van der Waals surface area contributed by atoms with E-state index in [1.165, 1.54) is 31.6 Å². The van der Waals surface area contributed by atoms with Crippen molar-refractivity contribution in [2.24, 2.45) is 0 Å². The van der Waals surface area contributed by atoms with Crippen LogP contribution in [0.4, 0.5) is 0 Å². The molecule has 0 atom stereocenters.